The quantitative estimate of drug-likeness (QED) is 0.729. The molecule has 0 radical (unpaired) electrons. The molecule has 17 heavy (non-hydrogen) atoms. The van der Waals surface area contributed by atoms with Crippen LogP contribution in [0.15, 0.2) is 0 Å². The summed E-state index contributed by atoms with van der Waals surface area (Å²) in [5.41, 5.74) is 0. The predicted octanol–water partition coefficient (Wildman–Crippen LogP) is 4.23. The minimum absolute atomic E-state index is 0.886. The minimum atomic E-state index is 0.886. The van der Waals surface area contributed by atoms with Crippen molar-refractivity contribution in [3.63, 3.8) is 0 Å². The van der Waals surface area contributed by atoms with Gasteiger partial charge in [0, 0.05) is 6.04 Å². The van der Waals surface area contributed by atoms with Crippen LogP contribution in [-0.2, 0) is 0 Å². The maximum Gasteiger partial charge on any atom is 0.00683 e. The van der Waals surface area contributed by atoms with E-state index in [2.05, 4.69) is 26.1 Å². The van der Waals surface area contributed by atoms with Crippen molar-refractivity contribution in [2.75, 3.05) is 6.54 Å². The van der Waals surface area contributed by atoms with E-state index in [4.69, 9.17) is 0 Å². The van der Waals surface area contributed by atoms with Crippen LogP contribution in [0.5, 0.6) is 0 Å². The van der Waals surface area contributed by atoms with Gasteiger partial charge in [-0.3, -0.25) is 0 Å². The monoisotopic (exact) mass is 237 g/mol. The van der Waals surface area contributed by atoms with E-state index in [1.54, 1.807) is 0 Å². The number of hydrogen-bond acceptors (Lipinski definition) is 1. The molecule has 1 nitrogen and oxygen atoms in total. The first-order valence-electron chi connectivity index (χ1n) is 7.97. The Morgan fingerprint density at radius 2 is 1.76 bits per heavy atom. The fourth-order valence-electron chi connectivity index (χ4n) is 3.82. The van der Waals surface area contributed by atoms with Gasteiger partial charge >= 0.3 is 0 Å². The molecule has 3 unspecified atom stereocenters. The van der Waals surface area contributed by atoms with Crippen LogP contribution >= 0.6 is 0 Å². The third kappa shape index (κ3) is 3.71. The standard InChI is InChI=1S/C16H31N/c1-4-13(5-2)16-10-12(3)6-7-14(16)11-17-15-8-9-15/h12-17H,4-11H2,1-3H3. The molecular weight excluding hydrogens is 206 g/mol. The molecule has 0 spiro atoms. The fraction of sp³-hybridized carbons (Fsp3) is 1.00. The van der Waals surface area contributed by atoms with E-state index in [1.165, 1.54) is 51.5 Å². The van der Waals surface area contributed by atoms with E-state index < -0.39 is 0 Å². The zero-order chi connectivity index (χ0) is 12.3. The minimum Gasteiger partial charge on any atom is -0.314 e. The summed E-state index contributed by atoms with van der Waals surface area (Å²) in [4.78, 5) is 0. The molecular formula is C16H31N. The van der Waals surface area contributed by atoms with Crippen LogP contribution < -0.4 is 5.32 Å². The summed E-state index contributed by atoms with van der Waals surface area (Å²) in [5.74, 6) is 3.92. The lowest BCUT2D eigenvalue weighted by atomic mass is 9.67. The molecule has 0 aliphatic heterocycles. The van der Waals surface area contributed by atoms with Gasteiger partial charge < -0.3 is 5.32 Å². The van der Waals surface area contributed by atoms with E-state index in [-0.39, 0.29) is 0 Å². The summed E-state index contributed by atoms with van der Waals surface area (Å²) < 4.78 is 0. The molecule has 1 N–H and O–H groups in total. The molecule has 2 fully saturated rings. The third-order valence-corrected chi connectivity index (χ3v) is 5.21. The smallest absolute Gasteiger partial charge is 0.00683 e. The first-order valence-corrected chi connectivity index (χ1v) is 7.97. The van der Waals surface area contributed by atoms with Crippen LogP contribution in [0.3, 0.4) is 0 Å². The second-order valence-electron chi connectivity index (χ2n) is 6.60. The summed E-state index contributed by atoms with van der Waals surface area (Å²) in [6.07, 6.45) is 10.1. The first-order chi connectivity index (χ1) is 8.24. The van der Waals surface area contributed by atoms with E-state index in [1.807, 2.05) is 0 Å². The van der Waals surface area contributed by atoms with Gasteiger partial charge in [-0.15, -0.1) is 0 Å². The SMILES string of the molecule is CCC(CC)C1CC(C)CCC1CNC1CC1. The Bertz CT molecular complexity index is 218. The molecule has 0 saturated heterocycles. The molecule has 100 valence electrons. The van der Waals surface area contributed by atoms with Crippen LogP contribution in [-0.4, -0.2) is 12.6 Å². The highest BCUT2D eigenvalue weighted by Crippen LogP contribution is 2.40. The molecule has 2 rings (SSSR count). The van der Waals surface area contributed by atoms with Crippen molar-refractivity contribution in [3.8, 4) is 0 Å². The lowest BCUT2D eigenvalue weighted by Gasteiger charge is -2.39. The Kier molecular flexibility index (Phi) is 4.90. The van der Waals surface area contributed by atoms with Crippen LogP contribution in [0.1, 0.15) is 65.7 Å². The average molecular weight is 237 g/mol. The van der Waals surface area contributed by atoms with Gasteiger partial charge in [0.2, 0.25) is 0 Å². The molecule has 1 heteroatoms. The molecule has 0 aromatic carbocycles. The van der Waals surface area contributed by atoms with Crippen LogP contribution in [0, 0.1) is 23.7 Å². The molecule has 2 aliphatic rings. The zero-order valence-electron chi connectivity index (χ0n) is 12.0. The van der Waals surface area contributed by atoms with Gasteiger partial charge in [0.15, 0.2) is 0 Å². The van der Waals surface area contributed by atoms with Crippen molar-refractivity contribution in [1.29, 1.82) is 0 Å². The highest BCUT2D eigenvalue weighted by Gasteiger charge is 2.33. The molecule has 0 amide bonds. The number of nitrogens with one attached hydrogen (secondary N) is 1. The van der Waals surface area contributed by atoms with Gasteiger partial charge in [-0.25, -0.2) is 0 Å². The lowest BCUT2D eigenvalue weighted by Crippen LogP contribution is -2.37. The highest BCUT2D eigenvalue weighted by molar-refractivity contribution is 4.87. The molecule has 2 aliphatic carbocycles. The van der Waals surface area contributed by atoms with Crippen molar-refractivity contribution >= 4 is 0 Å². The average Bonchev–Trinajstić information content (AvgIpc) is 3.13. The molecule has 0 heterocycles. The second kappa shape index (κ2) is 6.22. The Hall–Kier alpha value is -0.0400. The van der Waals surface area contributed by atoms with Crippen molar-refractivity contribution in [1.82, 2.24) is 5.32 Å². The van der Waals surface area contributed by atoms with Crippen LogP contribution in [0.4, 0.5) is 0 Å². The molecule has 2 saturated carbocycles. The zero-order valence-corrected chi connectivity index (χ0v) is 12.0. The maximum absolute atomic E-state index is 3.77. The summed E-state index contributed by atoms with van der Waals surface area (Å²) >= 11 is 0. The lowest BCUT2D eigenvalue weighted by molar-refractivity contribution is 0.118. The van der Waals surface area contributed by atoms with Crippen LogP contribution in [0.2, 0.25) is 0 Å². The summed E-state index contributed by atoms with van der Waals surface area (Å²) in [6.45, 7) is 8.54. The van der Waals surface area contributed by atoms with Crippen molar-refractivity contribution < 1.29 is 0 Å². The van der Waals surface area contributed by atoms with Crippen molar-refractivity contribution in [2.45, 2.75) is 71.8 Å². The van der Waals surface area contributed by atoms with Gasteiger partial charge in [-0.05, 0) is 55.9 Å². The Morgan fingerprint density at radius 1 is 1.06 bits per heavy atom. The maximum atomic E-state index is 3.77. The molecule has 0 aromatic heterocycles. The van der Waals surface area contributed by atoms with Crippen molar-refractivity contribution in [3.05, 3.63) is 0 Å². The highest BCUT2D eigenvalue weighted by atomic mass is 14.9. The molecule has 0 bridgehead atoms. The topological polar surface area (TPSA) is 12.0 Å². The van der Waals surface area contributed by atoms with E-state index in [0.717, 1.165) is 29.7 Å². The Labute approximate surface area is 108 Å². The Balaban J connectivity index is 1.89. The van der Waals surface area contributed by atoms with Crippen LogP contribution in [0.25, 0.3) is 0 Å². The van der Waals surface area contributed by atoms with Gasteiger partial charge in [-0.2, -0.15) is 0 Å². The normalized spacial score (nSPS) is 34.2. The summed E-state index contributed by atoms with van der Waals surface area (Å²) in [7, 11) is 0. The largest absolute Gasteiger partial charge is 0.314 e. The summed E-state index contributed by atoms with van der Waals surface area (Å²) in [5, 5.41) is 3.77. The molecule has 0 aromatic rings. The number of rotatable bonds is 6. The fourth-order valence-corrected chi connectivity index (χ4v) is 3.82. The van der Waals surface area contributed by atoms with E-state index in [9.17, 15) is 0 Å². The first kappa shape index (κ1) is 13.4. The van der Waals surface area contributed by atoms with Gasteiger partial charge in [0.1, 0.15) is 0 Å². The predicted molar refractivity (Wildman–Crippen MR) is 75.1 cm³/mol. The van der Waals surface area contributed by atoms with E-state index in [0.29, 0.717) is 0 Å². The number of hydrogen-bond donors (Lipinski definition) is 1. The van der Waals surface area contributed by atoms with Gasteiger partial charge in [0.25, 0.3) is 0 Å². The van der Waals surface area contributed by atoms with E-state index >= 15 is 0 Å². The summed E-state index contributed by atoms with van der Waals surface area (Å²) in [6, 6.07) is 0.886. The van der Waals surface area contributed by atoms with Gasteiger partial charge in [0.05, 0.1) is 0 Å². The third-order valence-electron chi connectivity index (χ3n) is 5.21. The molecule has 3 atom stereocenters. The van der Waals surface area contributed by atoms with Crippen molar-refractivity contribution in [2.24, 2.45) is 23.7 Å². The van der Waals surface area contributed by atoms with Gasteiger partial charge in [-0.1, -0.05) is 40.0 Å². The Morgan fingerprint density at radius 3 is 2.35 bits per heavy atom. The second-order valence-corrected chi connectivity index (χ2v) is 6.60.